The third-order valence-electron chi connectivity index (χ3n) is 4.59. The maximum absolute atomic E-state index is 13.5. The summed E-state index contributed by atoms with van der Waals surface area (Å²) >= 11 is 7.42. The van der Waals surface area contributed by atoms with Crippen molar-refractivity contribution in [1.29, 1.82) is 0 Å². The first kappa shape index (κ1) is 23.9. The smallest absolute Gasteiger partial charge is 0.408 e. The molecule has 7 nitrogen and oxygen atoms in total. The molecule has 1 aliphatic rings. The molecular weight excluding hydrogens is 452 g/mol. The molecular formula is C23H25ClN2O5S. The number of anilines is 1. The molecule has 1 heterocycles. The van der Waals surface area contributed by atoms with Gasteiger partial charge in [0.15, 0.2) is 0 Å². The van der Waals surface area contributed by atoms with Gasteiger partial charge >= 0.3 is 12.1 Å². The van der Waals surface area contributed by atoms with Crippen LogP contribution in [0.1, 0.15) is 36.7 Å². The summed E-state index contributed by atoms with van der Waals surface area (Å²) in [6.45, 7) is 5.51. The molecule has 0 saturated carbocycles. The van der Waals surface area contributed by atoms with E-state index in [1.165, 1.54) is 18.9 Å². The minimum absolute atomic E-state index is 0.237. The van der Waals surface area contributed by atoms with Gasteiger partial charge in [0.1, 0.15) is 11.6 Å². The first-order chi connectivity index (χ1) is 15.1. The topological polar surface area (TPSA) is 84.9 Å². The molecule has 1 N–H and O–H groups in total. The summed E-state index contributed by atoms with van der Waals surface area (Å²) < 4.78 is 10.2. The Labute approximate surface area is 196 Å². The number of amides is 2. The minimum Gasteiger partial charge on any atom is -0.465 e. The molecule has 2 aromatic rings. The van der Waals surface area contributed by atoms with Gasteiger partial charge in [-0.2, -0.15) is 0 Å². The SMILES string of the molecule is COC(=O)c1ccc2c(c1)N(Cc1ccc(Cl)cc1)C(=O)[C@@H](NC(=O)OC(C)(C)C)CS2. The van der Waals surface area contributed by atoms with Crippen LogP contribution in [0.2, 0.25) is 5.02 Å². The Bertz CT molecular complexity index is 1020. The lowest BCUT2D eigenvalue weighted by atomic mass is 10.1. The summed E-state index contributed by atoms with van der Waals surface area (Å²) in [5, 5.41) is 3.27. The van der Waals surface area contributed by atoms with Crippen molar-refractivity contribution in [2.24, 2.45) is 0 Å². The van der Waals surface area contributed by atoms with Gasteiger partial charge in [-0.15, -0.1) is 11.8 Å². The number of alkyl carbamates (subject to hydrolysis) is 1. The molecule has 2 aromatic carbocycles. The number of methoxy groups -OCH3 is 1. The summed E-state index contributed by atoms with van der Waals surface area (Å²) in [5.74, 6) is -0.483. The summed E-state index contributed by atoms with van der Waals surface area (Å²) in [4.78, 5) is 40.4. The fourth-order valence-corrected chi connectivity index (χ4v) is 4.31. The molecule has 0 unspecified atom stereocenters. The number of nitrogens with zero attached hydrogens (tertiary/aromatic N) is 1. The van der Waals surface area contributed by atoms with Crippen LogP contribution in [0.3, 0.4) is 0 Å². The highest BCUT2D eigenvalue weighted by atomic mass is 35.5. The highest BCUT2D eigenvalue weighted by Crippen LogP contribution is 2.36. The predicted molar refractivity (Wildman–Crippen MR) is 124 cm³/mol. The highest BCUT2D eigenvalue weighted by Gasteiger charge is 2.33. The van der Waals surface area contributed by atoms with E-state index in [-0.39, 0.29) is 12.5 Å². The predicted octanol–water partition coefficient (Wildman–Crippen LogP) is 4.66. The van der Waals surface area contributed by atoms with Gasteiger partial charge in [0.2, 0.25) is 0 Å². The van der Waals surface area contributed by atoms with Gasteiger partial charge in [0, 0.05) is 15.7 Å². The van der Waals surface area contributed by atoms with E-state index in [1.54, 1.807) is 56.0 Å². The van der Waals surface area contributed by atoms with Crippen LogP contribution in [0.25, 0.3) is 0 Å². The Morgan fingerprint density at radius 2 is 1.88 bits per heavy atom. The van der Waals surface area contributed by atoms with Gasteiger partial charge in [-0.3, -0.25) is 4.79 Å². The summed E-state index contributed by atoms with van der Waals surface area (Å²) in [6, 6.07) is 11.4. The average Bonchev–Trinajstić information content (AvgIpc) is 2.85. The maximum Gasteiger partial charge on any atom is 0.408 e. The zero-order valence-corrected chi connectivity index (χ0v) is 19.9. The Morgan fingerprint density at radius 1 is 1.19 bits per heavy atom. The number of rotatable bonds is 4. The van der Waals surface area contributed by atoms with Crippen molar-refractivity contribution in [2.75, 3.05) is 17.8 Å². The largest absolute Gasteiger partial charge is 0.465 e. The van der Waals surface area contributed by atoms with Crippen molar-refractivity contribution in [3.8, 4) is 0 Å². The quantitative estimate of drug-likeness (QED) is 0.646. The number of benzene rings is 2. The molecule has 0 saturated heterocycles. The van der Waals surface area contributed by atoms with Gasteiger partial charge in [0.05, 0.1) is 24.9 Å². The molecule has 170 valence electrons. The molecule has 0 fully saturated rings. The summed E-state index contributed by atoms with van der Waals surface area (Å²) in [7, 11) is 1.31. The fourth-order valence-electron chi connectivity index (χ4n) is 3.14. The van der Waals surface area contributed by atoms with Crippen LogP contribution in [0.5, 0.6) is 0 Å². The van der Waals surface area contributed by atoms with E-state index in [0.717, 1.165) is 10.5 Å². The average molecular weight is 477 g/mol. The standard InChI is InChI=1S/C23H25ClN2O5S/c1-23(2,3)31-22(29)25-17-13-32-19-10-7-15(21(28)30-4)11-18(19)26(20(17)27)12-14-5-8-16(24)9-6-14/h5-11,17H,12-13H2,1-4H3,(H,25,29)/t17-/m0/s1. The fraction of sp³-hybridized carbons (Fsp3) is 0.348. The lowest BCUT2D eigenvalue weighted by molar-refractivity contribution is -0.120. The number of hydrogen-bond donors (Lipinski definition) is 1. The number of halogens is 1. The van der Waals surface area contributed by atoms with Gasteiger partial charge in [-0.05, 0) is 56.7 Å². The van der Waals surface area contributed by atoms with Crippen molar-refractivity contribution >= 4 is 47.0 Å². The number of nitrogens with one attached hydrogen (secondary N) is 1. The molecule has 0 aromatic heterocycles. The van der Waals surface area contributed by atoms with Crippen LogP contribution >= 0.6 is 23.4 Å². The second kappa shape index (κ2) is 9.83. The first-order valence-corrected chi connectivity index (χ1v) is 11.3. The van der Waals surface area contributed by atoms with Gasteiger partial charge < -0.3 is 19.7 Å². The van der Waals surface area contributed by atoms with E-state index in [2.05, 4.69) is 5.32 Å². The van der Waals surface area contributed by atoms with Crippen LogP contribution < -0.4 is 10.2 Å². The van der Waals surface area contributed by atoms with Gasteiger partial charge in [-0.25, -0.2) is 9.59 Å². The second-order valence-electron chi connectivity index (χ2n) is 8.23. The first-order valence-electron chi connectivity index (χ1n) is 9.98. The van der Waals surface area contributed by atoms with Crippen molar-refractivity contribution in [3.63, 3.8) is 0 Å². The van der Waals surface area contributed by atoms with E-state index < -0.39 is 23.7 Å². The van der Waals surface area contributed by atoms with Crippen molar-refractivity contribution in [2.45, 2.75) is 43.9 Å². The van der Waals surface area contributed by atoms with Crippen molar-refractivity contribution in [1.82, 2.24) is 5.32 Å². The van der Waals surface area contributed by atoms with Crippen LogP contribution in [0.4, 0.5) is 10.5 Å². The Hall–Kier alpha value is -2.71. The molecule has 3 rings (SSSR count). The van der Waals surface area contributed by atoms with E-state index in [9.17, 15) is 14.4 Å². The zero-order valence-electron chi connectivity index (χ0n) is 18.3. The Balaban J connectivity index is 1.96. The van der Waals surface area contributed by atoms with E-state index in [4.69, 9.17) is 21.1 Å². The summed E-state index contributed by atoms with van der Waals surface area (Å²) in [6.07, 6.45) is -0.663. The molecule has 0 spiro atoms. The summed E-state index contributed by atoms with van der Waals surface area (Å²) in [5.41, 5.74) is 1.07. The van der Waals surface area contributed by atoms with Gasteiger partial charge in [-0.1, -0.05) is 23.7 Å². The number of fused-ring (bicyclic) bond motifs is 1. The van der Waals surface area contributed by atoms with Crippen LogP contribution in [-0.4, -0.2) is 42.5 Å². The normalized spacial score (nSPS) is 16.1. The molecule has 1 aliphatic heterocycles. The molecule has 0 bridgehead atoms. The Morgan fingerprint density at radius 3 is 2.50 bits per heavy atom. The van der Waals surface area contributed by atoms with Crippen molar-refractivity contribution in [3.05, 3.63) is 58.6 Å². The molecule has 1 atom stereocenters. The monoisotopic (exact) mass is 476 g/mol. The Kier molecular flexibility index (Phi) is 7.36. The van der Waals surface area contributed by atoms with E-state index in [0.29, 0.717) is 22.0 Å². The third kappa shape index (κ3) is 5.95. The molecule has 32 heavy (non-hydrogen) atoms. The number of carbonyl (C=O) groups is 3. The lowest BCUT2D eigenvalue weighted by Gasteiger charge is -2.27. The number of carbonyl (C=O) groups excluding carboxylic acids is 3. The van der Waals surface area contributed by atoms with E-state index in [1.807, 2.05) is 12.1 Å². The molecule has 2 amide bonds. The minimum atomic E-state index is -0.809. The molecule has 0 radical (unpaired) electrons. The van der Waals surface area contributed by atoms with E-state index >= 15 is 0 Å². The lowest BCUT2D eigenvalue weighted by Crippen LogP contribution is -2.50. The van der Waals surface area contributed by atoms with Crippen molar-refractivity contribution < 1.29 is 23.9 Å². The van der Waals surface area contributed by atoms with Crippen LogP contribution in [-0.2, 0) is 20.8 Å². The number of hydrogen-bond acceptors (Lipinski definition) is 6. The zero-order chi connectivity index (χ0) is 23.5. The maximum atomic E-state index is 13.5. The second-order valence-corrected chi connectivity index (χ2v) is 9.73. The number of esters is 1. The van der Waals surface area contributed by atoms with Crippen LogP contribution in [0.15, 0.2) is 47.4 Å². The van der Waals surface area contributed by atoms with Gasteiger partial charge in [0.25, 0.3) is 5.91 Å². The number of thioether (sulfide) groups is 1. The number of ether oxygens (including phenoxy) is 2. The third-order valence-corrected chi connectivity index (χ3v) is 5.99. The molecule has 0 aliphatic carbocycles. The highest BCUT2D eigenvalue weighted by molar-refractivity contribution is 7.99. The molecule has 9 heteroatoms. The van der Waals surface area contributed by atoms with Crippen LogP contribution in [0, 0.1) is 0 Å².